The first-order chi connectivity index (χ1) is 14.8. The van der Waals surface area contributed by atoms with Gasteiger partial charge in [-0.1, -0.05) is 30.3 Å². The number of piperidine rings is 1. The van der Waals surface area contributed by atoms with Gasteiger partial charge >= 0.3 is 0 Å². The summed E-state index contributed by atoms with van der Waals surface area (Å²) in [5, 5.41) is 13.8. The van der Waals surface area contributed by atoms with Crippen LogP contribution in [0.3, 0.4) is 0 Å². The molecule has 30 heavy (non-hydrogen) atoms. The number of hydrogen-bond acceptors (Lipinski definition) is 5. The zero-order chi connectivity index (χ0) is 20.3. The van der Waals surface area contributed by atoms with Crippen LogP contribution in [0.2, 0.25) is 0 Å². The fourth-order valence-corrected chi connectivity index (χ4v) is 4.33. The topological polar surface area (TPSA) is 69.8 Å². The van der Waals surface area contributed by atoms with Crippen molar-refractivity contribution in [1.29, 1.82) is 5.26 Å². The summed E-state index contributed by atoms with van der Waals surface area (Å²) in [7, 11) is 0. The molecule has 3 heterocycles. The van der Waals surface area contributed by atoms with Crippen molar-refractivity contribution in [2.24, 2.45) is 0 Å². The summed E-state index contributed by atoms with van der Waals surface area (Å²) in [4.78, 5) is 11.6. The minimum Gasteiger partial charge on any atom is -0.353 e. The van der Waals surface area contributed by atoms with Gasteiger partial charge in [0.25, 0.3) is 0 Å². The van der Waals surface area contributed by atoms with Crippen LogP contribution in [0.4, 0.5) is 5.95 Å². The van der Waals surface area contributed by atoms with Gasteiger partial charge < -0.3 is 9.88 Å². The van der Waals surface area contributed by atoms with E-state index in [0.29, 0.717) is 12.6 Å². The van der Waals surface area contributed by atoms with Crippen molar-refractivity contribution in [3.63, 3.8) is 0 Å². The maximum absolute atomic E-state index is 8.93. The van der Waals surface area contributed by atoms with Gasteiger partial charge in [-0.2, -0.15) is 5.26 Å². The Morgan fingerprint density at radius 3 is 2.60 bits per heavy atom. The summed E-state index contributed by atoms with van der Waals surface area (Å²) in [5.74, 6) is 0.913. The van der Waals surface area contributed by atoms with Crippen molar-refractivity contribution in [3.8, 4) is 6.07 Å². The van der Waals surface area contributed by atoms with Crippen molar-refractivity contribution in [2.45, 2.75) is 25.4 Å². The van der Waals surface area contributed by atoms with E-state index in [2.05, 4.69) is 68.3 Å². The van der Waals surface area contributed by atoms with E-state index in [-0.39, 0.29) is 0 Å². The third kappa shape index (κ3) is 3.60. The highest BCUT2D eigenvalue weighted by atomic mass is 15.2. The Kier molecular flexibility index (Phi) is 5.04. The SMILES string of the molecule is N#CCN1CCC(Nc2nc3ccccc3n2Cc2ccnc3ccccc23)CC1. The third-order valence-electron chi connectivity index (χ3n) is 5.94. The van der Waals surface area contributed by atoms with Crippen LogP contribution in [-0.4, -0.2) is 45.1 Å². The van der Waals surface area contributed by atoms with Crippen LogP contribution in [-0.2, 0) is 6.54 Å². The number of likely N-dealkylation sites (tertiary alicyclic amines) is 1. The Morgan fingerprint density at radius 2 is 1.77 bits per heavy atom. The van der Waals surface area contributed by atoms with E-state index >= 15 is 0 Å². The number of nitrogens with zero attached hydrogens (tertiary/aromatic N) is 5. The number of imidazole rings is 1. The number of anilines is 1. The van der Waals surface area contributed by atoms with Crippen LogP contribution in [0, 0.1) is 11.3 Å². The van der Waals surface area contributed by atoms with E-state index < -0.39 is 0 Å². The van der Waals surface area contributed by atoms with Crippen molar-refractivity contribution in [1.82, 2.24) is 19.4 Å². The molecular weight excluding hydrogens is 372 g/mol. The fraction of sp³-hybridized carbons (Fsp3) is 0.292. The van der Waals surface area contributed by atoms with E-state index in [1.165, 1.54) is 10.9 Å². The zero-order valence-electron chi connectivity index (χ0n) is 16.8. The summed E-state index contributed by atoms with van der Waals surface area (Å²) >= 11 is 0. The summed E-state index contributed by atoms with van der Waals surface area (Å²) in [6, 6.07) is 21.3. The molecule has 1 N–H and O–H groups in total. The molecule has 1 saturated heterocycles. The molecule has 2 aromatic heterocycles. The van der Waals surface area contributed by atoms with Crippen LogP contribution in [0.25, 0.3) is 21.9 Å². The Hall–Kier alpha value is -3.43. The second-order valence-electron chi connectivity index (χ2n) is 7.85. The number of pyridine rings is 1. The maximum Gasteiger partial charge on any atom is 0.204 e. The van der Waals surface area contributed by atoms with Gasteiger partial charge in [0.2, 0.25) is 5.95 Å². The van der Waals surface area contributed by atoms with E-state index in [0.717, 1.165) is 55.0 Å². The predicted octanol–water partition coefficient (Wildman–Crippen LogP) is 4.03. The van der Waals surface area contributed by atoms with Crippen molar-refractivity contribution in [3.05, 3.63) is 66.4 Å². The summed E-state index contributed by atoms with van der Waals surface area (Å²) in [6.07, 6.45) is 3.92. The number of nitrogens with one attached hydrogen (secondary N) is 1. The fourth-order valence-electron chi connectivity index (χ4n) is 4.33. The predicted molar refractivity (Wildman–Crippen MR) is 119 cm³/mol. The number of hydrogen-bond donors (Lipinski definition) is 1. The normalized spacial score (nSPS) is 15.4. The van der Waals surface area contributed by atoms with E-state index in [1.54, 1.807) is 0 Å². The smallest absolute Gasteiger partial charge is 0.204 e. The first-order valence-electron chi connectivity index (χ1n) is 10.5. The lowest BCUT2D eigenvalue weighted by Crippen LogP contribution is -2.39. The molecule has 2 aromatic carbocycles. The van der Waals surface area contributed by atoms with Gasteiger partial charge in [-0.3, -0.25) is 9.88 Å². The average molecular weight is 396 g/mol. The third-order valence-corrected chi connectivity index (χ3v) is 5.94. The first kappa shape index (κ1) is 18.6. The van der Waals surface area contributed by atoms with Crippen molar-refractivity contribution < 1.29 is 0 Å². The lowest BCUT2D eigenvalue weighted by atomic mass is 10.1. The summed E-state index contributed by atoms with van der Waals surface area (Å²) < 4.78 is 2.28. The van der Waals surface area contributed by atoms with Gasteiger partial charge in [-0.25, -0.2) is 4.98 Å². The monoisotopic (exact) mass is 396 g/mol. The second-order valence-corrected chi connectivity index (χ2v) is 7.85. The minimum atomic E-state index is 0.365. The highest BCUT2D eigenvalue weighted by molar-refractivity contribution is 5.83. The molecule has 0 radical (unpaired) electrons. The highest BCUT2D eigenvalue weighted by Crippen LogP contribution is 2.25. The Morgan fingerprint density at radius 1 is 1.00 bits per heavy atom. The molecule has 1 fully saturated rings. The molecule has 5 rings (SSSR count). The molecule has 150 valence electrons. The molecule has 0 bridgehead atoms. The minimum absolute atomic E-state index is 0.365. The number of rotatable bonds is 5. The van der Waals surface area contributed by atoms with Crippen LogP contribution in [0.1, 0.15) is 18.4 Å². The first-order valence-corrected chi connectivity index (χ1v) is 10.5. The van der Waals surface area contributed by atoms with Crippen LogP contribution in [0.15, 0.2) is 60.8 Å². The number of aromatic nitrogens is 3. The quantitative estimate of drug-likeness (QED) is 0.516. The molecule has 0 atom stereocenters. The summed E-state index contributed by atoms with van der Waals surface area (Å²) in [6.45, 7) is 3.14. The number of benzene rings is 2. The number of fused-ring (bicyclic) bond motifs is 2. The molecule has 6 nitrogen and oxygen atoms in total. The van der Waals surface area contributed by atoms with Crippen molar-refractivity contribution in [2.75, 3.05) is 25.0 Å². The molecule has 0 saturated carbocycles. The Bertz CT molecular complexity index is 1210. The average Bonchev–Trinajstić information content (AvgIpc) is 3.12. The van der Waals surface area contributed by atoms with Crippen molar-refractivity contribution >= 4 is 27.9 Å². The molecule has 0 aliphatic carbocycles. The highest BCUT2D eigenvalue weighted by Gasteiger charge is 2.21. The van der Waals surface area contributed by atoms with Crippen LogP contribution < -0.4 is 5.32 Å². The van der Waals surface area contributed by atoms with Crippen LogP contribution >= 0.6 is 0 Å². The number of para-hydroxylation sites is 3. The molecule has 6 heteroatoms. The second kappa shape index (κ2) is 8.13. The molecule has 0 unspecified atom stereocenters. The molecule has 1 aliphatic rings. The molecule has 4 aromatic rings. The van der Waals surface area contributed by atoms with Gasteiger partial charge in [0, 0.05) is 30.7 Å². The standard InChI is InChI=1S/C24H24N6/c25-12-16-29-14-10-19(11-15-29)27-24-28-22-7-3-4-8-23(22)30(24)17-18-9-13-26-21-6-2-1-5-20(18)21/h1-9,13,19H,10-11,14-17H2,(H,27,28). The zero-order valence-corrected chi connectivity index (χ0v) is 16.8. The van der Waals surface area contributed by atoms with Gasteiger partial charge in [0.05, 0.1) is 35.7 Å². The van der Waals surface area contributed by atoms with Gasteiger partial charge in [-0.05, 0) is 42.7 Å². The number of nitriles is 1. The molecule has 1 aliphatic heterocycles. The Balaban J connectivity index is 1.46. The van der Waals surface area contributed by atoms with Crippen LogP contribution in [0.5, 0.6) is 0 Å². The lowest BCUT2D eigenvalue weighted by molar-refractivity contribution is 0.242. The molecule has 0 spiro atoms. The Labute approximate surface area is 175 Å². The van der Waals surface area contributed by atoms with E-state index in [4.69, 9.17) is 10.2 Å². The lowest BCUT2D eigenvalue weighted by Gasteiger charge is -2.31. The largest absolute Gasteiger partial charge is 0.353 e. The molecular formula is C24H24N6. The van der Waals surface area contributed by atoms with Gasteiger partial charge in [0.1, 0.15) is 0 Å². The summed E-state index contributed by atoms with van der Waals surface area (Å²) in [5.41, 5.74) is 4.37. The molecule has 0 amide bonds. The van der Waals surface area contributed by atoms with E-state index in [9.17, 15) is 0 Å². The maximum atomic E-state index is 8.93. The van der Waals surface area contributed by atoms with Gasteiger partial charge in [-0.15, -0.1) is 0 Å². The van der Waals surface area contributed by atoms with E-state index in [1.807, 2.05) is 18.3 Å². The van der Waals surface area contributed by atoms with Gasteiger partial charge in [0.15, 0.2) is 0 Å².